The number of hydrogen-bond donors (Lipinski definition) is 1. The highest BCUT2D eigenvalue weighted by Crippen LogP contribution is 2.46. The lowest BCUT2D eigenvalue weighted by molar-refractivity contribution is -0.132. The zero-order valence-corrected chi connectivity index (χ0v) is 20.0. The molecule has 1 fully saturated rings. The number of methoxy groups -OCH3 is 1. The van der Waals surface area contributed by atoms with Crippen LogP contribution in [0.3, 0.4) is 0 Å². The van der Waals surface area contributed by atoms with Crippen molar-refractivity contribution in [2.24, 2.45) is 0 Å². The Morgan fingerprint density at radius 3 is 2.51 bits per heavy atom. The van der Waals surface area contributed by atoms with E-state index in [1.807, 2.05) is 26.0 Å². The number of anilines is 1. The summed E-state index contributed by atoms with van der Waals surface area (Å²) in [6.45, 7) is 3.93. The SMILES string of the molecule is COc1ccccc1[C@@H]1C(=C(O)c2ccc(F)cc2)C(=O)C(=O)N1c1nc2c(C)cc(C)cc2s1. The van der Waals surface area contributed by atoms with Crippen LogP contribution < -0.4 is 9.64 Å². The Morgan fingerprint density at radius 1 is 1.09 bits per heavy atom. The highest BCUT2D eigenvalue weighted by molar-refractivity contribution is 7.22. The highest BCUT2D eigenvalue weighted by Gasteiger charge is 2.49. The number of amides is 1. The molecule has 1 aliphatic rings. The predicted octanol–water partition coefficient (Wildman–Crippen LogP) is 5.69. The normalized spacial score (nSPS) is 17.4. The molecule has 0 bridgehead atoms. The molecular weight excluding hydrogens is 467 g/mol. The Balaban J connectivity index is 1.77. The number of nitrogens with zero attached hydrogens (tertiary/aromatic N) is 2. The van der Waals surface area contributed by atoms with Gasteiger partial charge in [0.2, 0.25) is 0 Å². The molecule has 0 radical (unpaired) electrons. The molecule has 1 aliphatic heterocycles. The molecule has 4 aromatic rings. The van der Waals surface area contributed by atoms with Crippen molar-refractivity contribution in [2.45, 2.75) is 19.9 Å². The number of aliphatic hydroxyl groups excluding tert-OH is 1. The number of carbonyl (C=O) groups is 2. The van der Waals surface area contributed by atoms with Crippen molar-refractivity contribution in [3.8, 4) is 5.75 Å². The smallest absolute Gasteiger partial charge is 0.301 e. The summed E-state index contributed by atoms with van der Waals surface area (Å²) in [6, 6.07) is 15.1. The van der Waals surface area contributed by atoms with Crippen LogP contribution in [0.1, 0.15) is 28.3 Å². The summed E-state index contributed by atoms with van der Waals surface area (Å²) in [5.41, 5.74) is 3.39. The van der Waals surface area contributed by atoms with E-state index in [1.165, 1.54) is 47.6 Å². The second-order valence-corrected chi connectivity index (χ2v) is 9.35. The van der Waals surface area contributed by atoms with Gasteiger partial charge in [-0.2, -0.15) is 0 Å². The summed E-state index contributed by atoms with van der Waals surface area (Å²) in [5.74, 6) is -2.09. The van der Waals surface area contributed by atoms with Gasteiger partial charge in [0.25, 0.3) is 5.78 Å². The molecule has 6 nitrogen and oxygen atoms in total. The first-order valence-corrected chi connectivity index (χ1v) is 11.7. The molecule has 1 N–H and O–H groups in total. The van der Waals surface area contributed by atoms with Crippen molar-refractivity contribution < 1.29 is 23.8 Å². The van der Waals surface area contributed by atoms with Gasteiger partial charge in [0.05, 0.1) is 22.9 Å². The van der Waals surface area contributed by atoms with E-state index in [0.29, 0.717) is 16.4 Å². The van der Waals surface area contributed by atoms with Crippen molar-refractivity contribution in [2.75, 3.05) is 12.0 Å². The topological polar surface area (TPSA) is 79.7 Å². The maximum Gasteiger partial charge on any atom is 0.301 e. The lowest BCUT2D eigenvalue weighted by atomic mass is 9.94. The number of Topliss-reactive ketones (excluding diaryl/α,β-unsaturated/α-hetero) is 1. The van der Waals surface area contributed by atoms with Crippen molar-refractivity contribution in [1.29, 1.82) is 0 Å². The number of benzene rings is 3. The number of ketones is 1. The Bertz CT molecular complexity index is 1520. The Kier molecular flexibility index (Phi) is 5.61. The molecule has 5 rings (SSSR count). The number of para-hydroxylation sites is 1. The van der Waals surface area contributed by atoms with Crippen LogP contribution in [0.15, 0.2) is 66.2 Å². The Labute approximate surface area is 204 Å². The summed E-state index contributed by atoms with van der Waals surface area (Å²) >= 11 is 1.30. The molecule has 0 spiro atoms. The lowest BCUT2D eigenvalue weighted by Gasteiger charge is -2.24. The van der Waals surface area contributed by atoms with E-state index in [-0.39, 0.29) is 11.1 Å². The van der Waals surface area contributed by atoms with Crippen molar-refractivity contribution in [3.63, 3.8) is 0 Å². The highest BCUT2D eigenvalue weighted by atomic mass is 32.1. The van der Waals surface area contributed by atoms with Crippen LogP contribution >= 0.6 is 11.3 Å². The maximum atomic E-state index is 13.5. The van der Waals surface area contributed by atoms with E-state index >= 15 is 0 Å². The molecule has 2 heterocycles. The van der Waals surface area contributed by atoms with Gasteiger partial charge in [-0.3, -0.25) is 14.5 Å². The van der Waals surface area contributed by atoms with Gasteiger partial charge in [0.15, 0.2) is 5.13 Å². The van der Waals surface area contributed by atoms with Gasteiger partial charge in [0, 0.05) is 11.1 Å². The Hall–Kier alpha value is -4.04. The molecule has 8 heteroatoms. The van der Waals surface area contributed by atoms with Gasteiger partial charge in [-0.1, -0.05) is 35.6 Å². The van der Waals surface area contributed by atoms with Crippen molar-refractivity contribution >= 4 is 44.1 Å². The standard InChI is InChI=1S/C27H21FN2O4S/c1-14-12-15(2)22-20(13-14)35-27(29-22)30-23(18-6-4-5-7-19(18)34-3)21(25(32)26(30)33)24(31)16-8-10-17(28)11-9-16/h4-13,23,31H,1-3H3/t23-/m1/s1. The van der Waals surface area contributed by atoms with Gasteiger partial charge in [0.1, 0.15) is 23.4 Å². The molecule has 1 amide bonds. The number of halogens is 1. The fourth-order valence-corrected chi connectivity index (χ4v) is 5.61. The molecule has 1 aromatic heterocycles. The zero-order chi connectivity index (χ0) is 24.9. The predicted molar refractivity (Wildman–Crippen MR) is 133 cm³/mol. The molecule has 0 unspecified atom stereocenters. The number of fused-ring (bicyclic) bond motifs is 1. The van der Waals surface area contributed by atoms with Crippen LogP contribution in [0.4, 0.5) is 9.52 Å². The van der Waals surface area contributed by atoms with E-state index in [1.54, 1.807) is 24.3 Å². The van der Waals surface area contributed by atoms with Gasteiger partial charge < -0.3 is 9.84 Å². The lowest BCUT2D eigenvalue weighted by Crippen LogP contribution is -2.29. The molecule has 0 aliphatic carbocycles. The average molecular weight is 489 g/mol. The molecule has 0 saturated carbocycles. The summed E-state index contributed by atoms with van der Waals surface area (Å²) in [5, 5.41) is 11.5. The minimum Gasteiger partial charge on any atom is -0.507 e. The number of hydrogen-bond acceptors (Lipinski definition) is 6. The second kappa shape index (κ2) is 8.63. The van der Waals surface area contributed by atoms with Crippen LogP contribution in [0.2, 0.25) is 0 Å². The molecule has 35 heavy (non-hydrogen) atoms. The zero-order valence-electron chi connectivity index (χ0n) is 19.2. The van der Waals surface area contributed by atoms with Gasteiger partial charge >= 0.3 is 5.91 Å². The molecule has 1 saturated heterocycles. The quantitative estimate of drug-likeness (QED) is 0.227. The fourth-order valence-electron chi connectivity index (χ4n) is 4.44. The van der Waals surface area contributed by atoms with Crippen LogP contribution in [0, 0.1) is 19.7 Å². The largest absolute Gasteiger partial charge is 0.507 e. The average Bonchev–Trinajstić information content (AvgIpc) is 3.37. The van der Waals surface area contributed by atoms with E-state index in [0.717, 1.165) is 21.3 Å². The molecule has 176 valence electrons. The number of aliphatic hydroxyl groups is 1. The van der Waals surface area contributed by atoms with E-state index in [9.17, 15) is 19.1 Å². The number of thiazole rings is 1. The molecule has 3 aromatic carbocycles. The number of carbonyl (C=O) groups excluding carboxylic acids is 2. The van der Waals surface area contributed by atoms with Gasteiger partial charge in [-0.15, -0.1) is 0 Å². The van der Waals surface area contributed by atoms with Gasteiger partial charge in [-0.05, 0) is 61.4 Å². The maximum absolute atomic E-state index is 13.5. The molecule has 1 atom stereocenters. The van der Waals surface area contributed by atoms with Crippen molar-refractivity contribution in [3.05, 3.63) is 94.3 Å². The van der Waals surface area contributed by atoms with Crippen LogP contribution in [-0.2, 0) is 9.59 Å². The van der Waals surface area contributed by atoms with E-state index < -0.39 is 29.3 Å². The monoisotopic (exact) mass is 488 g/mol. The van der Waals surface area contributed by atoms with E-state index in [4.69, 9.17) is 9.72 Å². The number of rotatable bonds is 4. The summed E-state index contributed by atoms with van der Waals surface area (Å²) in [7, 11) is 1.49. The number of aromatic nitrogens is 1. The first kappa shape index (κ1) is 22.7. The van der Waals surface area contributed by atoms with Crippen LogP contribution in [0.25, 0.3) is 16.0 Å². The van der Waals surface area contributed by atoms with Crippen LogP contribution in [-0.4, -0.2) is 28.9 Å². The minimum absolute atomic E-state index is 0.113. The molecular formula is C27H21FN2O4S. The number of aryl methyl sites for hydroxylation is 2. The third-order valence-corrected chi connectivity index (χ3v) is 7.02. The second-order valence-electron chi connectivity index (χ2n) is 8.34. The summed E-state index contributed by atoms with van der Waals surface area (Å²) < 4.78 is 19.9. The first-order chi connectivity index (χ1) is 16.8. The minimum atomic E-state index is -0.988. The summed E-state index contributed by atoms with van der Waals surface area (Å²) in [4.78, 5) is 32.8. The van der Waals surface area contributed by atoms with Crippen LogP contribution in [0.5, 0.6) is 5.75 Å². The van der Waals surface area contributed by atoms with Gasteiger partial charge in [-0.25, -0.2) is 9.37 Å². The third kappa shape index (κ3) is 3.76. The summed E-state index contributed by atoms with van der Waals surface area (Å²) in [6.07, 6.45) is 0. The van der Waals surface area contributed by atoms with Crippen molar-refractivity contribution in [1.82, 2.24) is 4.98 Å². The van der Waals surface area contributed by atoms with E-state index in [2.05, 4.69) is 0 Å². The Morgan fingerprint density at radius 2 is 1.80 bits per heavy atom. The third-order valence-electron chi connectivity index (χ3n) is 6.02. The number of ether oxygens (including phenoxy) is 1. The fraction of sp³-hybridized carbons (Fsp3) is 0.148. The first-order valence-electron chi connectivity index (χ1n) is 10.9.